The standard InChI is InChI=1S/C27H32N2O2/c1-22(2)28-15-17-29(18-16-28)26-19-25(30-20-23-9-5-3-6-10-23)13-14-27(26)31-21-24-11-7-4-8-12-24/h3-14,19,22H,15-18,20-21H2,1-2H3. The Labute approximate surface area is 186 Å². The van der Waals surface area contributed by atoms with Crippen LogP contribution in [0.4, 0.5) is 5.69 Å². The number of benzene rings is 3. The predicted molar refractivity (Wildman–Crippen MR) is 127 cm³/mol. The van der Waals surface area contributed by atoms with Gasteiger partial charge in [-0.1, -0.05) is 60.7 Å². The fourth-order valence-electron chi connectivity index (χ4n) is 3.91. The molecule has 3 aromatic rings. The molecule has 4 nitrogen and oxygen atoms in total. The summed E-state index contributed by atoms with van der Waals surface area (Å²) in [7, 11) is 0. The first-order valence-corrected chi connectivity index (χ1v) is 11.2. The molecule has 162 valence electrons. The van der Waals surface area contributed by atoms with E-state index in [0.29, 0.717) is 19.3 Å². The van der Waals surface area contributed by atoms with Crippen molar-refractivity contribution in [3.8, 4) is 11.5 Å². The van der Waals surface area contributed by atoms with E-state index in [1.165, 1.54) is 11.1 Å². The predicted octanol–water partition coefficient (Wildman–Crippen LogP) is 5.38. The van der Waals surface area contributed by atoms with E-state index in [9.17, 15) is 0 Å². The van der Waals surface area contributed by atoms with Gasteiger partial charge in [-0.05, 0) is 37.1 Å². The molecular formula is C27H32N2O2. The lowest BCUT2D eigenvalue weighted by Crippen LogP contribution is -2.49. The van der Waals surface area contributed by atoms with E-state index in [-0.39, 0.29) is 0 Å². The Hall–Kier alpha value is -2.98. The van der Waals surface area contributed by atoms with E-state index < -0.39 is 0 Å². The molecule has 4 heteroatoms. The molecule has 1 aliphatic rings. The Kier molecular flexibility index (Phi) is 7.11. The van der Waals surface area contributed by atoms with Gasteiger partial charge >= 0.3 is 0 Å². The van der Waals surface area contributed by atoms with Gasteiger partial charge in [0.1, 0.15) is 24.7 Å². The van der Waals surface area contributed by atoms with E-state index in [1.54, 1.807) is 0 Å². The van der Waals surface area contributed by atoms with E-state index in [1.807, 2.05) is 48.5 Å². The van der Waals surface area contributed by atoms with Gasteiger partial charge in [0.25, 0.3) is 0 Å². The summed E-state index contributed by atoms with van der Waals surface area (Å²) in [4.78, 5) is 4.95. The third-order valence-electron chi connectivity index (χ3n) is 5.80. The van der Waals surface area contributed by atoms with Crippen LogP contribution in [-0.2, 0) is 13.2 Å². The quantitative estimate of drug-likeness (QED) is 0.493. The minimum absolute atomic E-state index is 0.560. The Bertz CT molecular complexity index is 936. The number of piperazine rings is 1. The van der Waals surface area contributed by atoms with Gasteiger partial charge in [-0.3, -0.25) is 4.90 Å². The number of hydrogen-bond donors (Lipinski definition) is 0. The van der Waals surface area contributed by atoms with Crippen molar-refractivity contribution in [3.05, 3.63) is 90.0 Å². The molecule has 31 heavy (non-hydrogen) atoms. The van der Waals surface area contributed by atoms with Crippen molar-refractivity contribution in [2.45, 2.75) is 33.1 Å². The maximum Gasteiger partial charge on any atom is 0.143 e. The summed E-state index contributed by atoms with van der Waals surface area (Å²) in [5.74, 6) is 1.78. The van der Waals surface area contributed by atoms with E-state index >= 15 is 0 Å². The van der Waals surface area contributed by atoms with Crippen molar-refractivity contribution >= 4 is 5.69 Å². The normalized spacial score (nSPS) is 14.6. The van der Waals surface area contributed by atoms with Gasteiger partial charge in [0.05, 0.1) is 5.69 Å². The molecular weight excluding hydrogens is 384 g/mol. The van der Waals surface area contributed by atoms with Crippen LogP contribution in [0.15, 0.2) is 78.9 Å². The maximum absolute atomic E-state index is 6.26. The van der Waals surface area contributed by atoms with Crippen molar-refractivity contribution < 1.29 is 9.47 Å². The summed E-state index contributed by atoms with van der Waals surface area (Å²) < 4.78 is 12.4. The van der Waals surface area contributed by atoms with E-state index in [4.69, 9.17) is 9.47 Å². The molecule has 1 fully saturated rings. The molecule has 1 heterocycles. The van der Waals surface area contributed by atoms with Gasteiger partial charge in [0, 0.05) is 38.3 Å². The lowest BCUT2D eigenvalue weighted by atomic mass is 10.2. The van der Waals surface area contributed by atoms with Gasteiger partial charge in [0.2, 0.25) is 0 Å². The molecule has 3 aromatic carbocycles. The van der Waals surface area contributed by atoms with Crippen molar-refractivity contribution in [1.82, 2.24) is 4.90 Å². The summed E-state index contributed by atoms with van der Waals surface area (Å²) in [5.41, 5.74) is 3.45. The lowest BCUT2D eigenvalue weighted by molar-refractivity contribution is 0.208. The second kappa shape index (κ2) is 10.4. The SMILES string of the molecule is CC(C)N1CCN(c2cc(OCc3ccccc3)ccc2OCc2ccccc2)CC1. The monoisotopic (exact) mass is 416 g/mol. The molecule has 0 amide bonds. The molecule has 0 atom stereocenters. The molecule has 0 aliphatic carbocycles. The Morgan fingerprint density at radius 1 is 0.710 bits per heavy atom. The highest BCUT2D eigenvalue weighted by atomic mass is 16.5. The number of hydrogen-bond acceptors (Lipinski definition) is 4. The third-order valence-corrected chi connectivity index (χ3v) is 5.80. The second-order valence-electron chi connectivity index (χ2n) is 8.29. The molecule has 0 unspecified atom stereocenters. The van der Waals surface area contributed by atoms with Gasteiger partial charge in [0.15, 0.2) is 0 Å². The molecule has 4 rings (SSSR count). The van der Waals surface area contributed by atoms with Crippen LogP contribution in [0.1, 0.15) is 25.0 Å². The third kappa shape index (κ3) is 5.80. The molecule has 1 aliphatic heterocycles. The van der Waals surface area contributed by atoms with Crippen molar-refractivity contribution in [2.24, 2.45) is 0 Å². The number of ether oxygens (including phenoxy) is 2. The van der Waals surface area contributed by atoms with Crippen LogP contribution in [0.2, 0.25) is 0 Å². The van der Waals surface area contributed by atoms with Crippen molar-refractivity contribution in [1.29, 1.82) is 0 Å². The van der Waals surface area contributed by atoms with Crippen LogP contribution in [0.25, 0.3) is 0 Å². The van der Waals surface area contributed by atoms with Gasteiger partial charge in [-0.25, -0.2) is 0 Å². The van der Waals surface area contributed by atoms with Crippen LogP contribution >= 0.6 is 0 Å². The summed E-state index contributed by atoms with van der Waals surface area (Å²) in [6.45, 7) is 9.75. The summed E-state index contributed by atoms with van der Waals surface area (Å²) >= 11 is 0. The van der Waals surface area contributed by atoms with Crippen LogP contribution in [-0.4, -0.2) is 37.1 Å². The van der Waals surface area contributed by atoms with E-state index in [2.05, 4.69) is 54.0 Å². The summed E-state index contributed by atoms with van der Waals surface area (Å²) in [5, 5.41) is 0. The fourth-order valence-corrected chi connectivity index (χ4v) is 3.91. The number of rotatable bonds is 8. The summed E-state index contributed by atoms with van der Waals surface area (Å²) in [6, 6.07) is 27.4. The zero-order valence-corrected chi connectivity index (χ0v) is 18.5. The van der Waals surface area contributed by atoms with Crippen LogP contribution in [0.5, 0.6) is 11.5 Å². The molecule has 0 spiro atoms. The smallest absolute Gasteiger partial charge is 0.143 e. The minimum Gasteiger partial charge on any atom is -0.489 e. The maximum atomic E-state index is 6.26. The van der Waals surface area contributed by atoms with E-state index in [0.717, 1.165) is 43.4 Å². The molecule has 1 saturated heterocycles. The van der Waals surface area contributed by atoms with Gasteiger partial charge < -0.3 is 14.4 Å². The lowest BCUT2D eigenvalue weighted by Gasteiger charge is -2.38. The fraction of sp³-hybridized carbons (Fsp3) is 0.333. The first kappa shape index (κ1) is 21.3. The minimum atomic E-state index is 0.560. The average Bonchev–Trinajstić information content (AvgIpc) is 2.83. The largest absolute Gasteiger partial charge is 0.489 e. The van der Waals surface area contributed by atoms with Crippen LogP contribution < -0.4 is 14.4 Å². The molecule has 0 aromatic heterocycles. The Morgan fingerprint density at radius 2 is 1.29 bits per heavy atom. The first-order valence-electron chi connectivity index (χ1n) is 11.2. The highest BCUT2D eigenvalue weighted by Gasteiger charge is 2.22. The zero-order valence-electron chi connectivity index (χ0n) is 18.5. The Balaban J connectivity index is 1.50. The molecule has 0 radical (unpaired) electrons. The van der Waals surface area contributed by atoms with Crippen LogP contribution in [0.3, 0.4) is 0 Å². The second-order valence-corrected chi connectivity index (χ2v) is 8.29. The van der Waals surface area contributed by atoms with Gasteiger partial charge in [-0.2, -0.15) is 0 Å². The first-order chi connectivity index (χ1) is 15.2. The molecule has 0 N–H and O–H groups in total. The topological polar surface area (TPSA) is 24.9 Å². The zero-order chi connectivity index (χ0) is 21.5. The number of nitrogens with zero attached hydrogens (tertiary/aromatic N) is 2. The number of anilines is 1. The molecule has 0 saturated carbocycles. The average molecular weight is 417 g/mol. The Morgan fingerprint density at radius 3 is 1.87 bits per heavy atom. The van der Waals surface area contributed by atoms with Crippen molar-refractivity contribution in [2.75, 3.05) is 31.1 Å². The highest BCUT2D eigenvalue weighted by Crippen LogP contribution is 2.34. The summed E-state index contributed by atoms with van der Waals surface area (Å²) in [6.07, 6.45) is 0. The van der Waals surface area contributed by atoms with Crippen LogP contribution in [0, 0.1) is 0 Å². The van der Waals surface area contributed by atoms with Gasteiger partial charge in [-0.15, -0.1) is 0 Å². The molecule has 0 bridgehead atoms. The highest BCUT2D eigenvalue weighted by molar-refractivity contribution is 5.62. The van der Waals surface area contributed by atoms with Crippen molar-refractivity contribution in [3.63, 3.8) is 0 Å².